The van der Waals surface area contributed by atoms with Crippen LogP contribution in [0.3, 0.4) is 0 Å². The molecule has 0 saturated carbocycles. The van der Waals surface area contributed by atoms with Gasteiger partial charge in [0.25, 0.3) is 0 Å². The van der Waals surface area contributed by atoms with Gasteiger partial charge in [0.15, 0.2) is 0 Å². The van der Waals surface area contributed by atoms with Gasteiger partial charge in [0.2, 0.25) is 0 Å². The number of hydrogen-bond donors (Lipinski definition) is 1. The van der Waals surface area contributed by atoms with E-state index in [0.29, 0.717) is 28.9 Å². The van der Waals surface area contributed by atoms with Crippen molar-refractivity contribution >= 4 is 11.0 Å². The van der Waals surface area contributed by atoms with Crippen molar-refractivity contribution in [2.45, 2.75) is 25.8 Å². The molecule has 1 aliphatic rings. The molecule has 1 fully saturated rings. The summed E-state index contributed by atoms with van der Waals surface area (Å²) in [7, 11) is 0. The SMILES string of the molecule is O=c1oc2c(CN3CCCCC3)c(O)ccc2cc1-c1ccccn1. The lowest BCUT2D eigenvalue weighted by Gasteiger charge is -2.26. The molecule has 1 aromatic carbocycles. The Labute approximate surface area is 145 Å². The number of rotatable bonds is 3. The Balaban J connectivity index is 1.80. The topological polar surface area (TPSA) is 66.6 Å². The lowest BCUT2D eigenvalue weighted by Crippen LogP contribution is -2.29. The van der Waals surface area contributed by atoms with E-state index in [4.69, 9.17) is 4.42 Å². The van der Waals surface area contributed by atoms with Crippen LogP contribution in [0, 0.1) is 0 Å². The van der Waals surface area contributed by atoms with Gasteiger partial charge in [0.1, 0.15) is 11.3 Å². The number of phenols is 1. The van der Waals surface area contributed by atoms with Crippen molar-refractivity contribution in [1.82, 2.24) is 9.88 Å². The first-order valence-electron chi connectivity index (χ1n) is 8.65. The van der Waals surface area contributed by atoms with E-state index in [1.165, 1.54) is 19.3 Å². The first-order chi connectivity index (χ1) is 12.2. The second-order valence-corrected chi connectivity index (χ2v) is 6.48. The first kappa shape index (κ1) is 15.8. The molecule has 5 heteroatoms. The molecule has 4 rings (SSSR count). The molecule has 0 radical (unpaired) electrons. The average Bonchev–Trinajstić information content (AvgIpc) is 2.65. The molecule has 0 atom stereocenters. The predicted molar refractivity (Wildman–Crippen MR) is 96.5 cm³/mol. The number of benzene rings is 1. The summed E-state index contributed by atoms with van der Waals surface area (Å²) in [5.41, 5.74) is 1.74. The summed E-state index contributed by atoms with van der Waals surface area (Å²) in [6, 6.07) is 10.7. The number of pyridine rings is 1. The molecular weight excluding hydrogens is 316 g/mol. The maximum atomic E-state index is 12.5. The Morgan fingerprint density at radius 3 is 2.72 bits per heavy atom. The van der Waals surface area contributed by atoms with Crippen LogP contribution in [0.15, 0.2) is 51.8 Å². The van der Waals surface area contributed by atoms with Crippen LogP contribution in [-0.4, -0.2) is 28.1 Å². The monoisotopic (exact) mass is 336 g/mol. The van der Waals surface area contributed by atoms with Crippen LogP contribution in [0.4, 0.5) is 0 Å². The minimum Gasteiger partial charge on any atom is -0.507 e. The largest absolute Gasteiger partial charge is 0.507 e. The quantitative estimate of drug-likeness (QED) is 0.741. The zero-order valence-electron chi connectivity index (χ0n) is 13.9. The molecule has 5 nitrogen and oxygen atoms in total. The highest BCUT2D eigenvalue weighted by Gasteiger charge is 2.18. The first-order valence-corrected chi connectivity index (χ1v) is 8.65. The standard InChI is InChI=1S/C20H20N2O3/c23-18-8-7-14-12-15(17-6-2-3-9-21-17)20(24)25-19(14)16(18)13-22-10-4-1-5-11-22/h2-3,6-9,12,23H,1,4-5,10-11,13H2. The van der Waals surface area contributed by atoms with Crippen LogP contribution in [0.1, 0.15) is 24.8 Å². The third-order valence-corrected chi connectivity index (χ3v) is 4.75. The smallest absolute Gasteiger partial charge is 0.345 e. The molecule has 0 aliphatic carbocycles. The molecule has 0 amide bonds. The Kier molecular flexibility index (Phi) is 4.24. The van der Waals surface area contributed by atoms with Crippen molar-refractivity contribution < 1.29 is 9.52 Å². The number of hydrogen-bond acceptors (Lipinski definition) is 5. The Bertz CT molecular complexity index is 944. The molecule has 0 unspecified atom stereocenters. The average molecular weight is 336 g/mol. The molecule has 2 aromatic heterocycles. The van der Waals surface area contributed by atoms with Gasteiger partial charge in [-0.25, -0.2) is 4.79 Å². The summed E-state index contributed by atoms with van der Waals surface area (Å²) < 4.78 is 5.62. The second-order valence-electron chi connectivity index (χ2n) is 6.48. The summed E-state index contributed by atoms with van der Waals surface area (Å²) in [6.07, 6.45) is 5.23. The van der Waals surface area contributed by atoms with E-state index in [2.05, 4.69) is 9.88 Å². The molecule has 1 saturated heterocycles. The van der Waals surface area contributed by atoms with Crippen molar-refractivity contribution in [2.24, 2.45) is 0 Å². The lowest BCUT2D eigenvalue weighted by atomic mass is 10.0. The number of fused-ring (bicyclic) bond motifs is 1. The van der Waals surface area contributed by atoms with Gasteiger partial charge in [-0.1, -0.05) is 12.5 Å². The van der Waals surface area contributed by atoms with Crippen molar-refractivity contribution in [3.8, 4) is 17.0 Å². The fourth-order valence-corrected chi connectivity index (χ4v) is 3.43. The normalized spacial score (nSPS) is 15.5. The lowest BCUT2D eigenvalue weighted by molar-refractivity contribution is 0.218. The molecule has 0 bridgehead atoms. The van der Waals surface area contributed by atoms with E-state index in [9.17, 15) is 9.90 Å². The molecule has 0 spiro atoms. The highest BCUT2D eigenvalue weighted by molar-refractivity contribution is 5.85. The van der Waals surface area contributed by atoms with Crippen molar-refractivity contribution in [2.75, 3.05) is 13.1 Å². The minimum absolute atomic E-state index is 0.173. The highest BCUT2D eigenvalue weighted by Crippen LogP contribution is 2.30. The highest BCUT2D eigenvalue weighted by atomic mass is 16.4. The maximum Gasteiger partial charge on any atom is 0.345 e. The van der Waals surface area contributed by atoms with Gasteiger partial charge in [-0.15, -0.1) is 0 Å². The van der Waals surface area contributed by atoms with Crippen molar-refractivity contribution in [3.63, 3.8) is 0 Å². The summed E-state index contributed by atoms with van der Waals surface area (Å²) in [5.74, 6) is 0.173. The van der Waals surface area contributed by atoms with Crippen LogP contribution in [0.2, 0.25) is 0 Å². The van der Waals surface area contributed by atoms with Crippen molar-refractivity contribution in [3.05, 3.63) is 58.6 Å². The molecule has 3 aromatic rings. The number of phenolic OH excluding ortho intramolecular Hbond substituents is 1. The molecule has 1 N–H and O–H groups in total. The molecular formula is C20H20N2O3. The Hall–Kier alpha value is -2.66. The number of nitrogens with zero attached hydrogens (tertiary/aromatic N) is 2. The van der Waals surface area contributed by atoms with Gasteiger partial charge in [0.05, 0.1) is 16.8 Å². The van der Waals surface area contributed by atoms with Gasteiger partial charge >= 0.3 is 5.63 Å². The van der Waals surface area contributed by atoms with E-state index in [-0.39, 0.29) is 5.75 Å². The van der Waals surface area contributed by atoms with Crippen LogP contribution in [0.5, 0.6) is 5.75 Å². The van der Waals surface area contributed by atoms with Gasteiger partial charge < -0.3 is 9.52 Å². The van der Waals surface area contributed by atoms with Crippen LogP contribution < -0.4 is 5.63 Å². The summed E-state index contributed by atoms with van der Waals surface area (Å²) in [5, 5.41) is 11.1. The molecule has 128 valence electrons. The molecule has 1 aliphatic heterocycles. The van der Waals surface area contributed by atoms with E-state index in [0.717, 1.165) is 18.5 Å². The third-order valence-electron chi connectivity index (χ3n) is 4.75. The van der Waals surface area contributed by atoms with E-state index in [1.54, 1.807) is 36.5 Å². The maximum absolute atomic E-state index is 12.5. The number of likely N-dealkylation sites (tertiary alicyclic amines) is 1. The summed E-state index contributed by atoms with van der Waals surface area (Å²) in [6.45, 7) is 2.60. The summed E-state index contributed by atoms with van der Waals surface area (Å²) >= 11 is 0. The van der Waals surface area contributed by atoms with Crippen molar-refractivity contribution in [1.29, 1.82) is 0 Å². The van der Waals surface area contributed by atoms with E-state index >= 15 is 0 Å². The number of piperidine rings is 1. The van der Waals surface area contributed by atoms with Crippen LogP contribution in [-0.2, 0) is 6.54 Å². The molecule has 25 heavy (non-hydrogen) atoms. The van der Waals surface area contributed by atoms with Gasteiger partial charge in [-0.05, 0) is 56.3 Å². The van der Waals surface area contributed by atoms with Gasteiger partial charge in [-0.2, -0.15) is 0 Å². The predicted octanol–water partition coefficient (Wildman–Crippen LogP) is 3.55. The van der Waals surface area contributed by atoms with E-state index in [1.807, 2.05) is 6.07 Å². The fourth-order valence-electron chi connectivity index (χ4n) is 3.43. The van der Waals surface area contributed by atoms with Crippen LogP contribution >= 0.6 is 0 Å². The number of aromatic nitrogens is 1. The minimum atomic E-state index is -0.434. The summed E-state index contributed by atoms with van der Waals surface area (Å²) in [4.78, 5) is 19.0. The second kappa shape index (κ2) is 6.69. The zero-order valence-corrected chi connectivity index (χ0v) is 13.9. The van der Waals surface area contributed by atoms with E-state index < -0.39 is 5.63 Å². The third kappa shape index (κ3) is 3.15. The van der Waals surface area contributed by atoms with Crippen LogP contribution in [0.25, 0.3) is 22.2 Å². The zero-order chi connectivity index (χ0) is 17.2. The Morgan fingerprint density at radius 1 is 1.12 bits per heavy atom. The van der Waals surface area contributed by atoms with Gasteiger partial charge in [0, 0.05) is 18.1 Å². The number of aromatic hydroxyl groups is 1. The van der Waals surface area contributed by atoms with Gasteiger partial charge in [-0.3, -0.25) is 9.88 Å². The fraction of sp³-hybridized carbons (Fsp3) is 0.300. The molecule has 3 heterocycles. The Morgan fingerprint density at radius 2 is 1.96 bits per heavy atom.